The largest absolute Gasteiger partial charge is 0.489 e. The average Bonchev–Trinajstić information content (AvgIpc) is 3.67. The summed E-state index contributed by atoms with van der Waals surface area (Å²) in [6.07, 6.45) is -0.852. The Balaban J connectivity index is 1.30. The first kappa shape index (κ1) is 31.7. The second kappa shape index (κ2) is 12.7. The van der Waals surface area contributed by atoms with E-state index in [0.29, 0.717) is 24.7 Å². The molecule has 7 nitrogen and oxygen atoms in total. The van der Waals surface area contributed by atoms with Crippen molar-refractivity contribution in [2.45, 2.75) is 65.7 Å². The molecule has 0 aliphatic carbocycles. The topological polar surface area (TPSA) is 80.5 Å². The first-order chi connectivity index (χ1) is 20.9. The molecule has 0 unspecified atom stereocenters. The Morgan fingerprint density at radius 1 is 1.09 bits per heavy atom. The first-order valence-corrected chi connectivity index (χ1v) is 15.6. The molecule has 4 heterocycles. The standard InChI is InChI=1S/C33H37F3N4O3S/c1-5-22-18-25(9-10-26(22)23-12-15-39(16-13-23)31(42)32(3,4)20-41)43-19-24-17-21(2)44-30(24)27-7-6-8-29(38-27)40-28(11-14-37-40)33(34,35)36/h6-11,14,17-18,23,41H,5,12-13,15-16,19-20H2,1-4H3. The number of halogens is 3. The zero-order valence-electron chi connectivity index (χ0n) is 25.3. The van der Waals surface area contributed by atoms with Crippen molar-refractivity contribution in [1.82, 2.24) is 19.7 Å². The minimum Gasteiger partial charge on any atom is -0.489 e. The van der Waals surface area contributed by atoms with Gasteiger partial charge < -0.3 is 14.7 Å². The molecule has 0 radical (unpaired) electrons. The van der Waals surface area contributed by atoms with Crippen LogP contribution in [0.5, 0.6) is 5.75 Å². The van der Waals surface area contributed by atoms with Crippen molar-refractivity contribution in [3.63, 3.8) is 0 Å². The number of amides is 1. The van der Waals surface area contributed by atoms with Gasteiger partial charge in [0.25, 0.3) is 0 Å². The number of thiophene rings is 1. The summed E-state index contributed by atoms with van der Waals surface area (Å²) in [6.45, 7) is 9.10. The lowest BCUT2D eigenvalue weighted by Gasteiger charge is -2.37. The third-order valence-electron chi connectivity index (χ3n) is 8.14. The molecule has 3 aromatic heterocycles. The molecule has 1 aromatic carbocycles. The van der Waals surface area contributed by atoms with Crippen molar-refractivity contribution in [3.05, 3.63) is 82.0 Å². The summed E-state index contributed by atoms with van der Waals surface area (Å²) in [5.41, 5.74) is 2.29. The van der Waals surface area contributed by atoms with Crippen LogP contribution in [0, 0.1) is 12.3 Å². The van der Waals surface area contributed by atoms with Crippen molar-refractivity contribution >= 4 is 17.2 Å². The number of hydrogen-bond acceptors (Lipinski definition) is 6. The molecule has 1 aliphatic rings. The Labute approximate surface area is 259 Å². The van der Waals surface area contributed by atoms with Gasteiger partial charge in [0.1, 0.15) is 18.1 Å². The summed E-state index contributed by atoms with van der Waals surface area (Å²) in [5.74, 6) is 1.17. The van der Waals surface area contributed by atoms with E-state index in [1.165, 1.54) is 28.5 Å². The number of benzene rings is 1. The van der Waals surface area contributed by atoms with Crippen LogP contribution >= 0.6 is 11.3 Å². The molecule has 1 fully saturated rings. The van der Waals surface area contributed by atoms with E-state index < -0.39 is 17.3 Å². The van der Waals surface area contributed by atoms with Gasteiger partial charge in [-0.3, -0.25) is 4.79 Å². The number of carbonyl (C=O) groups is 1. The predicted molar refractivity (Wildman–Crippen MR) is 164 cm³/mol. The van der Waals surface area contributed by atoms with Crippen molar-refractivity contribution < 1.29 is 27.8 Å². The number of hydrogen-bond donors (Lipinski definition) is 1. The number of alkyl halides is 3. The van der Waals surface area contributed by atoms with Gasteiger partial charge in [0, 0.05) is 23.5 Å². The summed E-state index contributed by atoms with van der Waals surface area (Å²) < 4.78 is 47.5. The number of nitrogens with zero attached hydrogens (tertiary/aromatic N) is 4. The molecule has 44 heavy (non-hydrogen) atoms. The van der Waals surface area contributed by atoms with Crippen molar-refractivity contribution in [2.24, 2.45) is 5.41 Å². The number of pyridine rings is 1. The van der Waals surface area contributed by atoms with Gasteiger partial charge in [-0.1, -0.05) is 19.1 Å². The van der Waals surface area contributed by atoms with Crippen molar-refractivity contribution in [3.8, 4) is 22.1 Å². The third-order valence-corrected chi connectivity index (χ3v) is 9.25. The molecule has 1 aliphatic heterocycles. The fourth-order valence-corrected chi connectivity index (χ4v) is 6.68. The Morgan fingerprint density at radius 3 is 2.52 bits per heavy atom. The zero-order chi connectivity index (χ0) is 31.6. The van der Waals surface area contributed by atoms with Gasteiger partial charge in [-0.25, -0.2) is 9.67 Å². The van der Waals surface area contributed by atoms with Gasteiger partial charge in [0.05, 0.1) is 28.8 Å². The third kappa shape index (κ3) is 6.68. The molecule has 1 amide bonds. The summed E-state index contributed by atoms with van der Waals surface area (Å²) >= 11 is 1.52. The number of aromatic nitrogens is 3. The zero-order valence-corrected chi connectivity index (χ0v) is 26.1. The predicted octanol–water partition coefficient (Wildman–Crippen LogP) is 7.19. The highest BCUT2D eigenvalue weighted by Crippen LogP contribution is 2.36. The summed E-state index contributed by atoms with van der Waals surface area (Å²) in [7, 11) is 0. The van der Waals surface area contributed by atoms with Crippen LogP contribution in [-0.4, -0.2) is 50.4 Å². The molecular formula is C33H37F3N4O3S. The molecule has 0 bridgehead atoms. The van der Waals surface area contributed by atoms with E-state index in [0.717, 1.165) is 57.3 Å². The van der Waals surface area contributed by atoms with Crippen molar-refractivity contribution in [2.75, 3.05) is 19.7 Å². The van der Waals surface area contributed by atoms with Gasteiger partial charge in [0.15, 0.2) is 5.82 Å². The van der Waals surface area contributed by atoms with Gasteiger partial charge in [-0.2, -0.15) is 18.3 Å². The highest BCUT2D eigenvalue weighted by molar-refractivity contribution is 7.15. The van der Waals surface area contributed by atoms with Crippen LogP contribution in [0.3, 0.4) is 0 Å². The Morgan fingerprint density at radius 2 is 1.84 bits per heavy atom. The molecule has 234 valence electrons. The summed E-state index contributed by atoms with van der Waals surface area (Å²) in [5, 5.41) is 13.5. The van der Waals surface area contributed by atoms with Crippen LogP contribution in [0.1, 0.15) is 66.8 Å². The number of ether oxygens (including phenoxy) is 1. The lowest BCUT2D eigenvalue weighted by atomic mass is 9.84. The Hall–Kier alpha value is -3.70. The minimum atomic E-state index is -4.55. The van der Waals surface area contributed by atoms with Crippen LogP contribution in [0.15, 0.2) is 54.7 Å². The summed E-state index contributed by atoms with van der Waals surface area (Å²) in [4.78, 5) is 21.1. The second-order valence-corrected chi connectivity index (χ2v) is 13.1. The average molecular weight is 627 g/mol. The molecule has 5 rings (SSSR count). The van der Waals surface area contributed by atoms with E-state index in [-0.39, 0.29) is 24.9 Å². The molecular weight excluding hydrogens is 589 g/mol. The van der Waals surface area contributed by atoms with E-state index in [9.17, 15) is 23.1 Å². The lowest BCUT2D eigenvalue weighted by Crippen LogP contribution is -2.46. The number of piperidine rings is 1. The van der Waals surface area contributed by atoms with Crippen molar-refractivity contribution in [1.29, 1.82) is 0 Å². The Kier molecular flexibility index (Phi) is 9.17. The second-order valence-electron chi connectivity index (χ2n) is 11.8. The molecule has 0 atom stereocenters. The van der Waals surface area contributed by atoms with Gasteiger partial charge in [-0.15, -0.1) is 11.3 Å². The maximum absolute atomic E-state index is 13.5. The van der Waals surface area contributed by atoms with Crippen LogP contribution in [0.25, 0.3) is 16.4 Å². The smallest absolute Gasteiger partial charge is 0.433 e. The highest BCUT2D eigenvalue weighted by Gasteiger charge is 2.36. The number of likely N-dealkylation sites (tertiary alicyclic amines) is 1. The number of carbonyl (C=O) groups excluding carboxylic acids is 1. The van der Waals surface area contributed by atoms with E-state index in [1.54, 1.807) is 26.0 Å². The maximum atomic E-state index is 13.5. The normalized spacial score (nSPS) is 14.7. The van der Waals surface area contributed by atoms with Gasteiger partial charge in [0.2, 0.25) is 5.91 Å². The van der Waals surface area contributed by atoms with Gasteiger partial charge in [-0.05, 0) is 93.5 Å². The molecule has 1 saturated heterocycles. The van der Waals surface area contributed by atoms with Gasteiger partial charge >= 0.3 is 6.18 Å². The van der Waals surface area contributed by atoms with Crippen LogP contribution < -0.4 is 4.74 Å². The van der Waals surface area contributed by atoms with Crippen LogP contribution in [0.4, 0.5) is 13.2 Å². The van der Waals surface area contributed by atoms with E-state index in [4.69, 9.17) is 4.74 Å². The molecule has 0 saturated carbocycles. The molecule has 0 spiro atoms. The maximum Gasteiger partial charge on any atom is 0.433 e. The minimum absolute atomic E-state index is 0.00433. The molecule has 11 heteroatoms. The number of aryl methyl sites for hydroxylation is 2. The lowest BCUT2D eigenvalue weighted by molar-refractivity contribution is -0.144. The SMILES string of the molecule is CCc1cc(OCc2cc(C)sc2-c2cccc(-n3nccc3C(F)(F)F)n2)ccc1C1CCN(C(=O)C(C)(C)CO)CC1. The highest BCUT2D eigenvalue weighted by atomic mass is 32.1. The van der Waals surface area contributed by atoms with E-state index in [2.05, 4.69) is 29.1 Å². The Bertz CT molecular complexity index is 1620. The fourth-order valence-electron chi connectivity index (χ4n) is 5.69. The first-order valence-electron chi connectivity index (χ1n) is 14.8. The van der Waals surface area contributed by atoms with Crippen LogP contribution in [-0.2, 0) is 24.0 Å². The molecule has 1 N–H and O–H groups in total. The number of aliphatic hydroxyl groups is 1. The summed E-state index contributed by atoms with van der Waals surface area (Å²) in [6, 6.07) is 14.1. The van der Waals surface area contributed by atoms with E-state index in [1.807, 2.05) is 24.0 Å². The molecule has 4 aromatic rings. The monoisotopic (exact) mass is 626 g/mol. The fraction of sp³-hybridized carbons (Fsp3) is 0.424. The number of aliphatic hydroxyl groups excluding tert-OH is 1. The number of rotatable bonds is 9. The van der Waals surface area contributed by atoms with E-state index >= 15 is 0 Å². The van der Waals surface area contributed by atoms with Crippen LogP contribution in [0.2, 0.25) is 0 Å². The quantitative estimate of drug-likeness (QED) is 0.213.